The molecule has 0 radical (unpaired) electrons. The highest BCUT2D eigenvalue weighted by atomic mass is 35.5. The zero-order valence-corrected chi connectivity index (χ0v) is 10.2. The lowest BCUT2D eigenvalue weighted by Crippen LogP contribution is -2.15. The van der Waals surface area contributed by atoms with E-state index in [9.17, 15) is 4.79 Å². The van der Waals surface area contributed by atoms with E-state index in [2.05, 4.69) is 10.1 Å². The number of nitrogens with two attached hydrogens (primary N) is 1. The Morgan fingerprint density at radius 1 is 1.62 bits per heavy atom. The second-order valence-corrected chi connectivity index (χ2v) is 3.84. The summed E-state index contributed by atoms with van der Waals surface area (Å²) < 4.78 is 4.49. The van der Waals surface area contributed by atoms with Crippen molar-refractivity contribution in [3.05, 3.63) is 28.8 Å². The predicted octanol–water partition coefficient (Wildman–Crippen LogP) is 1.56. The molecule has 6 heteroatoms. The van der Waals surface area contributed by atoms with Crippen molar-refractivity contribution in [1.29, 1.82) is 0 Å². The minimum atomic E-state index is -0.366. The standard InChI is InChI=1S/C10H11ClN2O2S/c1-15-9(14)5-13-8-3-2-6(10(12)16)4-7(8)11/h2-4,13H,5H2,1H3,(H2,12,16). The maximum absolute atomic E-state index is 10.9. The molecule has 1 aromatic carbocycles. The van der Waals surface area contributed by atoms with Gasteiger partial charge in [0.15, 0.2) is 0 Å². The summed E-state index contributed by atoms with van der Waals surface area (Å²) in [7, 11) is 1.32. The van der Waals surface area contributed by atoms with Gasteiger partial charge in [-0.25, -0.2) is 0 Å². The summed E-state index contributed by atoms with van der Waals surface area (Å²) in [5.41, 5.74) is 6.77. The van der Waals surface area contributed by atoms with E-state index in [0.29, 0.717) is 16.3 Å². The fraction of sp³-hybridized carbons (Fsp3) is 0.200. The topological polar surface area (TPSA) is 64.3 Å². The molecule has 0 aromatic heterocycles. The summed E-state index contributed by atoms with van der Waals surface area (Å²) in [4.78, 5) is 11.2. The van der Waals surface area contributed by atoms with E-state index in [4.69, 9.17) is 29.6 Å². The number of carbonyl (C=O) groups is 1. The zero-order chi connectivity index (χ0) is 12.1. The van der Waals surface area contributed by atoms with Gasteiger partial charge in [0.1, 0.15) is 11.5 Å². The lowest BCUT2D eigenvalue weighted by molar-refractivity contribution is -0.138. The smallest absolute Gasteiger partial charge is 0.325 e. The van der Waals surface area contributed by atoms with Crippen molar-refractivity contribution in [2.75, 3.05) is 19.0 Å². The molecule has 3 N–H and O–H groups in total. The molecule has 0 atom stereocenters. The van der Waals surface area contributed by atoms with Crippen LogP contribution >= 0.6 is 23.8 Å². The van der Waals surface area contributed by atoms with Crippen molar-refractivity contribution in [2.45, 2.75) is 0 Å². The van der Waals surface area contributed by atoms with Gasteiger partial charge in [0, 0.05) is 5.56 Å². The average molecular weight is 259 g/mol. The first-order valence-electron chi connectivity index (χ1n) is 4.44. The van der Waals surface area contributed by atoms with Crippen molar-refractivity contribution >= 4 is 40.5 Å². The Kier molecular flexibility index (Phi) is 4.52. The molecular weight excluding hydrogens is 248 g/mol. The summed E-state index contributed by atoms with van der Waals surface area (Å²) in [5.74, 6) is -0.366. The number of rotatable bonds is 4. The summed E-state index contributed by atoms with van der Waals surface area (Å²) in [6.07, 6.45) is 0. The van der Waals surface area contributed by atoms with Crippen LogP contribution in [0.3, 0.4) is 0 Å². The van der Waals surface area contributed by atoms with Crippen LogP contribution in [-0.2, 0) is 9.53 Å². The number of ether oxygens (including phenoxy) is 1. The predicted molar refractivity (Wildman–Crippen MR) is 67.8 cm³/mol. The van der Waals surface area contributed by atoms with Crippen LogP contribution in [0.5, 0.6) is 0 Å². The summed E-state index contributed by atoms with van der Waals surface area (Å²) in [6.45, 7) is 0.0582. The number of hydrogen-bond donors (Lipinski definition) is 2. The quantitative estimate of drug-likeness (QED) is 0.634. The molecule has 0 heterocycles. The molecule has 1 aromatic rings. The molecule has 0 spiro atoms. The van der Waals surface area contributed by atoms with Gasteiger partial charge in [-0.3, -0.25) is 4.79 Å². The number of halogens is 1. The molecule has 0 fully saturated rings. The van der Waals surface area contributed by atoms with Gasteiger partial charge in [-0.1, -0.05) is 23.8 Å². The van der Waals surface area contributed by atoms with Crippen LogP contribution in [0, 0.1) is 0 Å². The molecule has 0 aliphatic carbocycles. The highest BCUT2D eigenvalue weighted by Crippen LogP contribution is 2.22. The zero-order valence-electron chi connectivity index (χ0n) is 8.62. The van der Waals surface area contributed by atoms with E-state index in [1.54, 1.807) is 18.2 Å². The van der Waals surface area contributed by atoms with Crippen molar-refractivity contribution in [1.82, 2.24) is 0 Å². The van der Waals surface area contributed by atoms with Crippen molar-refractivity contribution in [3.8, 4) is 0 Å². The second-order valence-electron chi connectivity index (χ2n) is 2.99. The van der Waals surface area contributed by atoms with Crippen LogP contribution in [0.4, 0.5) is 5.69 Å². The van der Waals surface area contributed by atoms with Crippen LogP contribution < -0.4 is 11.1 Å². The van der Waals surface area contributed by atoms with Gasteiger partial charge in [-0.05, 0) is 18.2 Å². The normalized spacial score (nSPS) is 9.62. The van der Waals surface area contributed by atoms with Gasteiger partial charge in [0.2, 0.25) is 0 Å². The van der Waals surface area contributed by atoms with E-state index in [1.807, 2.05) is 0 Å². The first kappa shape index (κ1) is 12.7. The third-order valence-electron chi connectivity index (χ3n) is 1.90. The number of esters is 1. The van der Waals surface area contributed by atoms with Gasteiger partial charge in [0.05, 0.1) is 17.8 Å². The van der Waals surface area contributed by atoms with E-state index in [-0.39, 0.29) is 17.5 Å². The van der Waals surface area contributed by atoms with Gasteiger partial charge in [0.25, 0.3) is 0 Å². The van der Waals surface area contributed by atoms with Crippen LogP contribution in [0.15, 0.2) is 18.2 Å². The van der Waals surface area contributed by atoms with Gasteiger partial charge < -0.3 is 15.8 Å². The van der Waals surface area contributed by atoms with E-state index < -0.39 is 0 Å². The SMILES string of the molecule is COC(=O)CNc1ccc(C(N)=S)cc1Cl. The van der Waals surface area contributed by atoms with Crippen LogP contribution in [0.1, 0.15) is 5.56 Å². The Morgan fingerprint density at radius 2 is 2.31 bits per heavy atom. The number of thiocarbonyl (C=S) groups is 1. The maximum Gasteiger partial charge on any atom is 0.325 e. The largest absolute Gasteiger partial charge is 0.468 e. The van der Waals surface area contributed by atoms with E-state index >= 15 is 0 Å². The Bertz CT molecular complexity index is 423. The highest BCUT2D eigenvalue weighted by Gasteiger charge is 2.05. The van der Waals surface area contributed by atoms with Crippen LogP contribution in [0.2, 0.25) is 5.02 Å². The lowest BCUT2D eigenvalue weighted by atomic mass is 10.2. The maximum atomic E-state index is 10.9. The Morgan fingerprint density at radius 3 is 2.81 bits per heavy atom. The molecule has 0 saturated carbocycles. The highest BCUT2D eigenvalue weighted by molar-refractivity contribution is 7.80. The lowest BCUT2D eigenvalue weighted by Gasteiger charge is -2.08. The van der Waals surface area contributed by atoms with Gasteiger partial charge in [-0.15, -0.1) is 0 Å². The first-order chi connectivity index (χ1) is 7.54. The molecule has 4 nitrogen and oxygen atoms in total. The number of anilines is 1. The van der Waals surface area contributed by atoms with Crippen molar-refractivity contribution < 1.29 is 9.53 Å². The average Bonchev–Trinajstić information content (AvgIpc) is 2.26. The molecule has 86 valence electrons. The fourth-order valence-corrected chi connectivity index (χ4v) is 1.43. The van der Waals surface area contributed by atoms with Crippen LogP contribution in [0.25, 0.3) is 0 Å². The Hall–Kier alpha value is -1.33. The first-order valence-corrected chi connectivity index (χ1v) is 5.23. The van der Waals surface area contributed by atoms with E-state index in [0.717, 1.165) is 0 Å². The number of nitrogens with one attached hydrogen (secondary N) is 1. The van der Waals surface area contributed by atoms with Gasteiger partial charge in [-0.2, -0.15) is 0 Å². The minimum Gasteiger partial charge on any atom is -0.468 e. The van der Waals surface area contributed by atoms with E-state index in [1.165, 1.54) is 7.11 Å². The number of hydrogen-bond acceptors (Lipinski definition) is 4. The Balaban J connectivity index is 2.75. The van der Waals surface area contributed by atoms with Gasteiger partial charge >= 0.3 is 5.97 Å². The third-order valence-corrected chi connectivity index (χ3v) is 2.45. The monoisotopic (exact) mass is 258 g/mol. The molecule has 0 aliphatic heterocycles. The second kappa shape index (κ2) is 5.67. The summed E-state index contributed by atoms with van der Waals surface area (Å²) in [5, 5.41) is 3.29. The Labute approximate surface area is 104 Å². The van der Waals surface area contributed by atoms with Crippen LogP contribution in [-0.4, -0.2) is 24.6 Å². The molecule has 0 unspecified atom stereocenters. The molecular formula is C10H11ClN2O2S. The molecule has 1 rings (SSSR count). The number of carbonyl (C=O) groups excluding carboxylic acids is 1. The molecule has 0 amide bonds. The summed E-state index contributed by atoms with van der Waals surface area (Å²) in [6, 6.07) is 5.08. The molecule has 0 aliphatic rings. The fourth-order valence-electron chi connectivity index (χ4n) is 1.05. The van der Waals surface area contributed by atoms with Crippen molar-refractivity contribution in [3.63, 3.8) is 0 Å². The molecule has 16 heavy (non-hydrogen) atoms. The molecule has 0 saturated heterocycles. The number of benzene rings is 1. The third kappa shape index (κ3) is 3.36. The number of methoxy groups -OCH3 is 1. The summed E-state index contributed by atoms with van der Waals surface area (Å²) >= 11 is 10.8. The minimum absolute atomic E-state index is 0.0582. The molecule has 0 bridgehead atoms. The van der Waals surface area contributed by atoms with Crippen molar-refractivity contribution in [2.24, 2.45) is 5.73 Å².